The number of nitrogens with one attached hydrogen (secondary N) is 3. The summed E-state index contributed by atoms with van der Waals surface area (Å²) >= 11 is 3.50. The third kappa shape index (κ3) is 4.22. The number of nitrogens with two attached hydrogens (primary N) is 1. The predicted octanol–water partition coefficient (Wildman–Crippen LogP) is 2.94. The number of nitrogens with zero attached hydrogens (tertiary/aromatic N) is 3. The van der Waals surface area contributed by atoms with Gasteiger partial charge in [0.2, 0.25) is 0 Å². The van der Waals surface area contributed by atoms with Gasteiger partial charge in [-0.15, -0.1) is 0 Å². The van der Waals surface area contributed by atoms with Crippen molar-refractivity contribution in [2.24, 2.45) is 10.7 Å². The lowest BCUT2D eigenvalue weighted by Gasteiger charge is -2.04. The number of nitro groups is 1. The van der Waals surface area contributed by atoms with Crippen LogP contribution in [0.1, 0.15) is 17.5 Å². The SMILES string of the molecule is NC(=NCCCn1cc(C2=C(c3c[nH]c4ccccc34)C(=O)NC2=O)c2ccc(Br)cc21)N[N+](=O)[O-]. The van der Waals surface area contributed by atoms with Crippen LogP contribution in [0.4, 0.5) is 0 Å². The number of carbonyl (C=O) groups is 2. The topological polar surface area (TPSA) is 160 Å². The number of carbonyl (C=O) groups excluding carboxylic acids is 2. The van der Waals surface area contributed by atoms with Crippen molar-refractivity contribution >= 4 is 66.7 Å². The van der Waals surface area contributed by atoms with Crippen LogP contribution < -0.4 is 16.5 Å². The summed E-state index contributed by atoms with van der Waals surface area (Å²) in [7, 11) is 0. The Morgan fingerprint density at radius 1 is 1.11 bits per heavy atom. The van der Waals surface area contributed by atoms with E-state index < -0.39 is 16.8 Å². The van der Waals surface area contributed by atoms with Gasteiger partial charge >= 0.3 is 0 Å². The fourth-order valence-electron chi connectivity index (χ4n) is 4.47. The van der Waals surface area contributed by atoms with Crippen LogP contribution in [0.25, 0.3) is 33.0 Å². The molecule has 36 heavy (non-hydrogen) atoms. The number of aliphatic imine (C=N–C) groups is 1. The molecule has 182 valence electrons. The van der Waals surface area contributed by atoms with Gasteiger partial charge in [0.1, 0.15) is 0 Å². The lowest BCUT2D eigenvalue weighted by molar-refractivity contribution is -0.525. The van der Waals surface area contributed by atoms with E-state index in [0.29, 0.717) is 35.2 Å². The molecule has 11 nitrogen and oxygen atoms in total. The van der Waals surface area contributed by atoms with Gasteiger partial charge in [-0.3, -0.25) is 14.9 Å². The maximum Gasteiger partial charge on any atom is 0.259 e. The van der Waals surface area contributed by atoms with Crippen molar-refractivity contribution < 1.29 is 14.6 Å². The van der Waals surface area contributed by atoms with Crippen molar-refractivity contribution in [2.45, 2.75) is 13.0 Å². The van der Waals surface area contributed by atoms with Gasteiger partial charge in [0, 0.05) is 62.9 Å². The van der Waals surface area contributed by atoms with Gasteiger partial charge in [0.15, 0.2) is 5.03 Å². The number of guanidine groups is 1. The van der Waals surface area contributed by atoms with Crippen LogP contribution in [0, 0.1) is 10.1 Å². The lowest BCUT2D eigenvalue weighted by Crippen LogP contribution is -2.36. The van der Waals surface area contributed by atoms with Crippen molar-refractivity contribution in [1.82, 2.24) is 20.3 Å². The Hall–Kier alpha value is -4.45. The first kappa shape index (κ1) is 23.3. The first-order valence-corrected chi connectivity index (χ1v) is 11.8. The zero-order valence-electron chi connectivity index (χ0n) is 18.7. The second-order valence-corrected chi connectivity index (χ2v) is 9.08. The molecule has 0 spiro atoms. The van der Waals surface area contributed by atoms with E-state index in [1.807, 2.05) is 58.7 Å². The Morgan fingerprint density at radius 2 is 1.86 bits per heavy atom. The largest absolute Gasteiger partial charge is 0.365 e. The van der Waals surface area contributed by atoms with E-state index in [-0.39, 0.29) is 12.5 Å². The highest BCUT2D eigenvalue weighted by atomic mass is 79.9. The molecular weight excluding hydrogens is 530 g/mol. The van der Waals surface area contributed by atoms with E-state index in [2.05, 4.69) is 31.2 Å². The monoisotopic (exact) mass is 549 g/mol. The van der Waals surface area contributed by atoms with E-state index in [0.717, 1.165) is 26.3 Å². The molecule has 2 aromatic heterocycles. The summed E-state index contributed by atoms with van der Waals surface area (Å²) in [4.78, 5) is 43.6. The van der Waals surface area contributed by atoms with Crippen LogP contribution in [-0.4, -0.2) is 38.9 Å². The van der Waals surface area contributed by atoms with Gasteiger partial charge in [0.05, 0.1) is 11.1 Å². The number of aromatic amines is 1. The number of aryl methyl sites for hydroxylation is 1. The Kier molecular flexibility index (Phi) is 6.02. The predicted molar refractivity (Wildman–Crippen MR) is 139 cm³/mol. The first-order chi connectivity index (χ1) is 17.3. The zero-order chi connectivity index (χ0) is 25.4. The average Bonchev–Trinajstić information content (AvgIpc) is 3.49. The second-order valence-electron chi connectivity index (χ2n) is 8.17. The van der Waals surface area contributed by atoms with Crippen LogP contribution in [0.15, 0.2) is 64.3 Å². The second kappa shape index (κ2) is 9.30. The van der Waals surface area contributed by atoms with Crippen LogP contribution >= 0.6 is 15.9 Å². The van der Waals surface area contributed by atoms with Gasteiger partial charge in [-0.1, -0.05) is 45.6 Å². The molecule has 5 N–H and O–H groups in total. The zero-order valence-corrected chi connectivity index (χ0v) is 20.3. The number of rotatable bonds is 7. The van der Waals surface area contributed by atoms with E-state index in [1.165, 1.54) is 0 Å². The van der Waals surface area contributed by atoms with E-state index in [4.69, 9.17) is 5.73 Å². The van der Waals surface area contributed by atoms with Gasteiger partial charge in [-0.25, -0.2) is 15.1 Å². The highest BCUT2D eigenvalue weighted by Gasteiger charge is 2.35. The highest BCUT2D eigenvalue weighted by molar-refractivity contribution is 9.10. The number of amides is 2. The average molecular weight is 550 g/mol. The molecule has 0 saturated heterocycles. The minimum absolute atomic E-state index is 0.262. The molecule has 0 saturated carbocycles. The first-order valence-electron chi connectivity index (χ1n) is 11.0. The molecule has 0 atom stereocenters. The van der Waals surface area contributed by atoms with Crippen molar-refractivity contribution in [3.05, 3.63) is 80.6 Å². The van der Waals surface area contributed by atoms with Crippen LogP contribution in [0.3, 0.4) is 0 Å². The molecule has 3 heterocycles. The normalized spacial score (nSPS) is 14.2. The van der Waals surface area contributed by atoms with Crippen molar-refractivity contribution in [3.63, 3.8) is 0 Å². The Morgan fingerprint density at radius 3 is 2.64 bits per heavy atom. The molecule has 2 amide bonds. The van der Waals surface area contributed by atoms with Gasteiger partial charge in [-0.2, -0.15) is 0 Å². The van der Waals surface area contributed by atoms with E-state index >= 15 is 0 Å². The number of para-hydroxylation sites is 1. The maximum atomic E-state index is 13.1. The smallest absolute Gasteiger partial charge is 0.259 e. The number of imide groups is 1. The number of halogens is 1. The molecule has 0 bridgehead atoms. The quantitative estimate of drug-likeness (QED) is 0.0691. The lowest BCUT2D eigenvalue weighted by atomic mass is 9.95. The number of aromatic nitrogens is 2. The van der Waals surface area contributed by atoms with Crippen molar-refractivity contribution in [2.75, 3.05) is 6.54 Å². The summed E-state index contributed by atoms with van der Waals surface area (Å²) in [5, 5.41) is 13.8. The molecule has 1 aliphatic rings. The number of fused-ring (bicyclic) bond motifs is 2. The molecule has 5 rings (SSSR count). The van der Waals surface area contributed by atoms with Gasteiger partial charge in [-0.05, 0) is 24.6 Å². The third-order valence-corrected chi connectivity index (χ3v) is 6.44. The number of hydrazine groups is 1. The summed E-state index contributed by atoms with van der Waals surface area (Å²) in [6.45, 7) is 0.769. The molecular formula is C24H20BrN7O4. The standard InChI is InChI=1S/C24H20BrN7O4/c25-13-6-7-15-17(12-31(19(15)10-13)9-3-8-27-24(26)30-32(35)36)21-20(22(33)29-23(21)34)16-11-28-18-5-2-1-4-14(16)18/h1-2,4-7,10-12,28H,3,8-9H2,(H3,26,27,30)(H,29,33,34). The third-order valence-electron chi connectivity index (χ3n) is 5.95. The Balaban J connectivity index is 1.58. The fraction of sp³-hybridized carbons (Fsp3) is 0.125. The summed E-state index contributed by atoms with van der Waals surface area (Å²) in [6, 6.07) is 13.3. The fourth-order valence-corrected chi connectivity index (χ4v) is 4.82. The molecule has 0 unspecified atom stereocenters. The summed E-state index contributed by atoms with van der Waals surface area (Å²) in [5.41, 5.74) is 10.9. The van der Waals surface area contributed by atoms with E-state index in [9.17, 15) is 19.7 Å². The molecule has 2 aromatic carbocycles. The summed E-state index contributed by atoms with van der Waals surface area (Å²) in [6.07, 6.45) is 4.13. The molecule has 1 aliphatic heterocycles. The molecule has 12 heteroatoms. The summed E-state index contributed by atoms with van der Waals surface area (Å²) < 4.78 is 2.83. The van der Waals surface area contributed by atoms with Crippen LogP contribution in [0.2, 0.25) is 0 Å². The van der Waals surface area contributed by atoms with Gasteiger partial charge < -0.3 is 15.3 Å². The highest BCUT2D eigenvalue weighted by Crippen LogP contribution is 2.38. The van der Waals surface area contributed by atoms with Crippen molar-refractivity contribution in [1.29, 1.82) is 0 Å². The molecule has 0 radical (unpaired) electrons. The van der Waals surface area contributed by atoms with Crippen LogP contribution in [0.5, 0.6) is 0 Å². The summed E-state index contributed by atoms with van der Waals surface area (Å²) in [5.74, 6) is -1.16. The van der Waals surface area contributed by atoms with Gasteiger partial charge in [0.25, 0.3) is 17.8 Å². The number of hydrogen-bond donors (Lipinski definition) is 4. The Labute approximate surface area is 212 Å². The number of benzene rings is 2. The van der Waals surface area contributed by atoms with Crippen LogP contribution in [-0.2, 0) is 16.1 Å². The minimum Gasteiger partial charge on any atom is -0.365 e. The number of hydrogen-bond acceptors (Lipinski definition) is 5. The van der Waals surface area contributed by atoms with E-state index in [1.54, 1.807) is 6.20 Å². The molecule has 0 aliphatic carbocycles. The maximum absolute atomic E-state index is 13.1. The Bertz CT molecular complexity index is 1620. The van der Waals surface area contributed by atoms with Crippen molar-refractivity contribution in [3.8, 4) is 0 Å². The molecule has 0 fully saturated rings. The minimum atomic E-state index is -0.769. The number of H-pyrrole nitrogens is 1. The molecule has 4 aromatic rings.